The predicted octanol–water partition coefficient (Wildman–Crippen LogP) is 1.55. The summed E-state index contributed by atoms with van der Waals surface area (Å²) in [7, 11) is 0. The minimum absolute atomic E-state index is 0.0729. The van der Waals surface area contributed by atoms with Crippen LogP contribution in [0.15, 0.2) is 46.6 Å². The maximum Gasteiger partial charge on any atom is 0.365 e. The minimum atomic E-state index is -0.664. The molecule has 0 radical (unpaired) electrons. The molecule has 4 rings (SSSR count). The summed E-state index contributed by atoms with van der Waals surface area (Å²) in [5.41, 5.74) is -0.184. The van der Waals surface area contributed by atoms with Gasteiger partial charge in [0.1, 0.15) is 12.4 Å². The van der Waals surface area contributed by atoms with Gasteiger partial charge in [0.2, 0.25) is 5.91 Å². The van der Waals surface area contributed by atoms with Crippen LogP contribution in [0.5, 0.6) is 0 Å². The van der Waals surface area contributed by atoms with Crippen molar-refractivity contribution in [1.82, 2.24) is 19.7 Å². The number of amides is 2. The number of carbonyl (C=O) groups excluding carboxylic acids is 2. The van der Waals surface area contributed by atoms with Gasteiger partial charge < -0.3 is 5.32 Å². The number of nitrogens with zero attached hydrogens (tertiary/aromatic N) is 4. The highest BCUT2D eigenvalue weighted by atomic mass is 32.1. The van der Waals surface area contributed by atoms with Gasteiger partial charge in [-0.2, -0.15) is 9.67 Å². The highest BCUT2D eigenvalue weighted by Crippen LogP contribution is 2.23. The number of carbonyl (C=O) groups is 2. The molecule has 138 valence electrons. The van der Waals surface area contributed by atoms with Gasteiger partial charge in [0, 0.05) is 10.6 Å². The number of aromatic nitrogens is 3. The van der Waals surface area contributed by atoms with Crippen LogP contribution in [0.2, 0.25) is 0 Å². The van der Waals surface area contributed by atoms with Crippen LogP contribution in [-0.4, -0.2) is 26.3 Å². The third kappa shape index (κ3) is 3.26. The Labute approximate surface area is 156 Å². The number of hydrogen-bond donors (Lipinski definition) is 1. The molecule has 0 saturated carbocycles. The molecule has 0 unspecified atom stereocenters. The summed E-state index contributed by atoms with van der Waals surface area (Å²) >= 11 is 1.51. The Hall–Kier alpha value is -3.27. The third-order valence-corrected chi connectivity index (χ3v) is 4.99. The fraction of sp³-hybridized carbons (Fsp3) is 0.176. The van der Waals surface area contributed by atoms with Crippen LogP contribution in [0.1, 0.15) is 10.7 Å². The SMILES string of the molecule is O=C(Cn1c(=O)nc2n1C(=O)N(c1ccc(F)cc1)C2)NCc1cccs1. The molecule has 1 aliphatic heterocycles. The number of halogens is 1. The molecule has 0 spiro atoms. The summed E-state index contributed by atoms with van der Waals surface area (Å²) in [6.45, 7) is 0.103. The Morgan fingerprint density at radius 1 is 1.22 bits per heavy atom. The predicted molar refractivity (Wildman–Crippen MR) is 96.0 cm³/mol. The van der Waals surface area contributed by atoms with Gasteiger partial charge in [-0.05, 0) is 35.7 Å². The molecule has 1 aromatic carbocycles. The normalized spacial score (nSPS) is 13.1. The average molecular weight is 387 g/mol. The maximum absolute atomic E-state index is 13.1. The lowest BCUT2D eigenvalue weighted by atomic mass is 10.3. The lowest BCUT2D eigenvalue weighted by Crippen LogP contribution is -2.38. The average Bonchev–Trinajstić information content (AvgIpc) is 3.34. The van der Waals surface area contributed by atoms with Crippen LogP contribution < -0.4 is 15.9 Å². The largest absolute Gasteiger partial charge is 0.365 e. The molecule has 3 heterocycles. The van der Waals surface area contributed by atoms with Crippen molar-refractivity contribution in [1.29, 1.82) is 0 Å². The summed E-state index contributed by atoms with van der Waals surface area (Å²) in [5.74, 6) is -0.580. The molecule has 1 N–H and O–H groups in total. The van der Waals surface area contributed by atoms with E-state index in [1.165, 1.54) is 40.5 Å². The molecule has 2 aromatic heterocycles. The number of anilines is 1. The second-order valence-corrected chi connectivity index (χ2v) is 6.91. The van der Waals surface area contributed by atoms with Crippen molar-refractivity contribution >= 4 is 29.0 Å². The summed E-state index contributed by atoms with van der Waals surface area (Å²) in [6.07, 6.45) is 0. The molecule has 27 heavy (non-hydrogen) atoms. The molecule has 0 fully saturated rings. The molecule has 0 saturated heterocycles. The van der Waals surface area contributed by atoms with Crippen LogP contribution in [-0.2, 0) is 24.4 Å². The van der Waals surface area contributed by atoms with Crippen molar-refractivity contribution < 1.29 is 14.0 Å². The first-order chi connectivity index (χ1) is 13.0. The zero-order valence-corrected chi connectivity index (χ0v) is 14.8. The maximum atomic E-state index is 13.1. The molecule has 10 heteroatoms. The van der Waals surface area contributed by atoms with Gasteiger partial charge in [0.25, 0.3) is 0 Å². The molecule has 0 aliphatic carbocycles. The zero-order chi connectivity index (χ0) is 19.0. The first kappa shape index (κ1) is 17.2. The zero-order valence-electron chi connectivity index (χ0n) is 14.0. The van der Waals surface area contributed by atoms with Crippen molar-refractivity contribution in [3.8, 4) is 0 Å². The monoisotopic (exact) mass is 387 g/mol. The summed E-state index contributed by atoms with van der Waals surface area (Å²) < 4.78 is 15.2. The van der Waals surface area contributed by atoms with E-state index in [0.717, 1.165) is 14.2 Å². The number of nitrogens with one attached hydrogen (secondary N) is 1. The smallest absolute Gasteiger partial charge is 0.350 e. The Kier molecular flexibility index (Phi) is 4.32. The van der Waals surface area contributed by atoms with E-state index >= 15 is 0 Å². The van der Waals surface area contributed by atoms with E-state index in [1.807, 2.05) is 17.5 Å². The summed E-state index contributed by atoms with van der Waals surface area (Å²) in [6, 6.07) is 8.67. The van der Waals surface area contributed by atoms with Gasteiger partial charge in [0.15, 0.2) is 5.82 Å². The van der Waals surface area contributed by atoms with E-state index in [2.05, 4.69) is 10.3 Å². The highest BCUT2D eigenvalue weighted by molar-refractivity contribution is 7.09. The summed E-state index contributed by atoms with van der Waals surface area (Å²) in [4.78, 5) is 43.2. The van der Waals surface area contributed by atoms with E-state index in [9.17, 15) is 18.8 Å². The molecule has 3 aromatic rings. The fourth-order valence-corrected chi connectivity index (χ4v) is 3.48. The summed E-state index contributed by atoms with van der Waals surface area (Å²) in [5, 5.41) is 4.61. The molecule has 0 atom stereocenters. The Morgan fingerprint density at radius 3 is 2.70 bits per heavy atom. The van der Waals surface area contributed by atoms with Crippen molar-refractivity contribution in [2.24, 2.45) is 0 Å². The van der Waals surface area contributed by atoms with E-state index in [1.54, 1.807) is 0 Å². The van der Waals surface area contributed by atoms with Gasteiger partial charge in [-0.3, -0.25) is 9.69 Å². The van der Waals surface area contributed by atoms with E-state index in [-0.39, 0.29) is 18.9 Å². The third-order valence-electron chi connectivity index (χ3n) is 4.11. The molecule has 2 amide bonds. The number of thiophene rings is 1. The molecular formula is C17H14FN5O3S. The van der Waals surface area contributed by atoms with Crippen molar-refractivity contribution in [2.75, 3.05) is 4.90 Å². The number of benzene rings is 1. The van der Waals surface area contributed by atoms with E-state index < -0.39 is 23.4 Å². The second kappa shape index (κ2) is 6.80. The standard InChI is InChI=1S/C17H14FN5O3S/c18-11-3-5-12(6-4-11)21-9-14-20-16(25)22(23(14)17(21)26)10-15(24)19-8-13-2-1-7-27-13/h1-7H,8-10H2,(H,19,24). The molecule has 8 nitrogen and oxygen atoms in total. The van der Waals surface area contributed by atoms with Crippen LogP contribution in [0.3, 0.4) is 0 Å². The Morgan fingerprint density at radius 2 is 2.00 bits per heavy atom. The molecule has 0 bridgehead atoms. The van der Waals surface area contributed by atoms with Crippen molar-refractivity contribution in [3.63, 3.8) is 0 Å². The highest BCUT2D eigenvalue weighted by Gasteiger charge is 2.33. The minimum Gasteiger partial charge on any atom is -0.350 e. The lowest BCUT2D eigenvalue weighted by molar-refractivity contribution is -0.122. The second-order valence-electron chi connectivity index (χ2n) is 5.88. The van der Waals surface area contributed by atoms with Crippen LogP contribution >= 0.6 is 11.3 Å². The van der Waals surface area contributed by atoms with Crippen LogP contribution in [0.4, 0.5) is 14.9 Å². The fourth-order valence-electron chi connectivity index (χ4n) is 2.83. The lowest BCUT2D eigenvalue weighted by Gasteiger charge is -2.15. The van der Waals surface area contributed by atoms with Gasteiger partial charge in [-0.25, -0.2) is 18.7 Å². The first-order valence-electron chi connectivity index (χ1n) is 8.08. The molecular weight excluding hydrogens is 373 g/mol. The van der Waals surface area contributed by atoms with Crippen LogP contribution in [0.25, 0.3) is 0 Å². The Balaban J connectivity index is 1.52. The molecule has 1 aliphatic rings. The number of rotatable bonds is 5. The van der Waals surface area contributed by atoms with Crippen molar-refractivity contribution in [2.45, 2.75) is 19.6 Å². The van der Waals surface area contributed by atoms with Crippen molar-refractivity contribution in [3.05, 3.63) is 68.8 Å². The first-order valence-corrected chi connectivity index (χ1v) is 8.96. The topological polar surface area (TPSA) is 89.2 Å². The quantitative estimate of drug-likeness (QED) is 0.719. The van der Waals surface area contributed by atoms with E-state index in [0.29, 0.717) is 12.2 Å². The number of hydrogen-bond acceptors (Lipinski definition) is 5. The van der Waals surface area contributed by atoms with E-state index in [4.69, 9.17) is 0 Å². The number of fused-ring (bicyclic) bond motifs is 1. The van der Waals surface area contributed by atoms with Gasteiger partial charge in [-0.1, -0.05) is 6.07 Å². The van der Waals surface area contributed by atoms with Gasteiger partial charge in [0.05, 0.1) is 13.1 Å². The Bertz CT molecular complexity index is 1060. The van der Waals surface area contributed by atoms with Crippen LogP contribution in [0, 0.1) is 5.82 Å². The van der Waals surface area contributed by atoms with Gasteiger partial charge in [-0.15, -0.1) is 11.3 Å². The van der Waals surface area contributed by atoms with Gasteiger partial charge >= 0.3 is 11.7 Å².